The van der Waals surface area contributed by atoms with E-state index in [0.29, 0.717) is 0 Å². The van der Waals surface area contributed by atoms with Crippen LogP contribution in [0.3, 0.4) is 0 Å². The van der Waals surface area contributed by atoms with E-state index >= 15 is 0 Å². The number of urea groups is 1. The summed E-state index contributed by atoms with van der Waals surface area (Å²) in [6, 6.07) is -1.16. The van der Waals surface area contributed by atoms with Crippen LogP contribution in [-0.2, 0) is 9.59 Å². The number of carboxylic acid groups (broad SMARTS) is 1. The monoisotopic (exact) mass is 187 g/mol. The summed E-state index contributed by atoms with van der Waals surface area (Å²) in [4.78, 5) is 31.7. The van der Waals surface area contributed by atoms with Gasteiger partial charge in [-0.15, -0.1) is 0 Å². The number of hydrogen-bond acceptors (Lipinski definition) is 5. The van der Waals surface area contributed by atoms with Crippen molar-refractivity contribution in [2.75, 3.05) is 0 Å². The zero-order valence-corrected chi connectivity index (χ0v) is 6.12. The third-order valence-electron chi connectivity index (χ3n) is 1.42. The number of aliphatic carboxylic acids is 1. The zero-order valence-electron chi connectivity index (χ0n) is 6.12. The molecule has 0 bridgehead atoms. The first-order chi connectivity index (χ1) is 5.88. The van der Waals surface area contributed by atoms with Crippen molar-refractivity contribution >= 4 is 23.6 Å². The maximum atomic E-state index is 10.7. The van der Waals surface area contributed by atoms with Crippen molar-refractivity contribution in [3.8, 4) is 0 Å². The van der Waals surface area contributed by atoms with E-state index in [9.17, 15) is 14.4 Å². The van der Waals surface area contributed by atoms with Crippen LogP contribution < -0.4 is 10.6 Å². The van der Waals surface area contributed by atoms with Crippen molar-refractivity contribution in [2.45, 2.75) is 5.72 Å². The summed E-state index contributed by atoms with van der Waals surface area (Å²) in [6.45, 7) is 0. The fourth-order valence-electron chi connectivity index (χ4n) is 0.748. The van der Waals surface area contributed by atoms with Crippen molar-refractivity contribution in [2.24, 2.45) is 0 Å². The molecule has 1 atom stereocenters. The van der Waals surface area contributed by atoms with E-state index in [1.54, 1.807) is 5.32 Å². The van der Waals surface area contributed by atoms with Gasteiger partial charge in [-0.25, -0.2) is 9.59 Å². The minimum atomic E-state index is -2.93. The van der Waals surface area contributed by atoms with Crippen LogP contribution in [0.1, 0.15) is 0 Å². The SMILES string of the molecule is N=C1C(=O)NC(=O)NC1(O)C(=O)O. The Balaban J connectivity index is 3.09. The van der Waals surface area contributed by atoms with Crippen LogP contribution in [0.25, 0.3) is 0 Å². The molecular weight excluding hydrogens is 182 g/mol. The smallest absolute Gasteiger partial charge is 0.364 e. The Morgan fingerprint density at radius 2 is 2.00 bits per heavy atom. The first-order valence-electron chi connectivity index (χ1n) is 3.06. The fraction of sp³-hybridized carbons (Fsp3) is 0.200. The van der Waals surface area contributed by atoms with Gasteiger partial charge in [0, 0.05) is 0 Å². The summed E-state index contributed by atoms with van der Waals surface area (Å²) in [5.74, 6) is -3.13. The van der Waals surface area contributed by atoms with Crippen molar-refractivity contribution < 1.29 is 24.6 Å². The highest BCUT2D eigenvalue weighted by Gasteiger charge is 2.49. The van der Waals surface area contributed by atoms with Gasteiger partial charge < -0.3 is 10.2 Å². The molecule has 1 unspecified atom stereocenters. The largest absolute Gasteiger partial charge is 0.477 e. The van der Waals surface area contributed by atoms with Crippen LogP contribution in [0.15, 0.2) is 0 Å². The summed E-state index contributed by atoms with van der Waals surface area (Å²) >= 11 is 0. The number of nitrogens with one attached hydrogen (secondary N) is 3. The van der Waals surface area contributed by atoms with E-state index in [4.69, 9.17) is 15.6 Å². The molecule has 8 nitrogen and oxygen atoms in total. The number of carbonyl (C=O) groups excluding carboxylic acids is 2. The van der Waals surface area contributed by atoms with Crippen LogP contribution in [0, 0.1) is 5.41 Å². The second-order valence-electron chi connectivity index (χ2n) is 2.30. The van der Waals surface area contributed by atoms with Crippen molar-refractivity contribution in [1.82, 2.24) is 10.6 Å². The molecule has 1 fully saturated rings. The molecule has 0 aromatic heterocycles. The lowest BCUT2D eigenvalue weighted by atomic mass is 10.1. The van der Waals surface area contributed by atoms with Gasteiger partial charge in [0.05, 0.1) is 0 Å². The van der Waals surface area contributed by atoms with E-state index in [-0.39, 0.29) is 0 Å². The second kappa shape index (κ2) is 2.52. The molecule has 1 aliphatic heterocycles. The molecule has 0 saturated carbocycles. The second-order valence-corrected chi connectivity index (χ2v) is 2.30. The average molecular weight is 187 g/mol. The Morgan fingerprint density at radius 3 is 2.46 bits per heavy atom. The number of aliphatic hydroxyl groups is 1. The Kier molecular flexibility index (Phi) is 1.77. The predicted octanol–water partition coefficient (Wildman–Crippen LogP) is -2.38. The molecule has 13 heavy (non-hydrogen) atoms. The van der Waals surface area contributed by atoms with E-state index in [2.05, 4.69) is 0 Å². The molecule has 70 valence electrons. The van der Waals surface area contributed by atoms with Crippen molar-refractivity contribution in [1.29, 1.82) is 5.41 Å². The summed E-state index contributed by atoms with van der Waals surface area (Å²) in [7, 11) is 0. The molecule has 1 rings (SSSR count). The van der Waals surface area contributed by atoms with Gasteiger partial charge in [0.1, 0.15) is 0 Å². The van der Waals surface area contributed by atoms with Gasteiger partial charge in [-0.3, -0.25) is 20.8 Å². The van der Waals surface area contributed by atoms with Crippen LogP contribution in [-0.4, -0.2) is 39.6 Å². The lowest BCUT2D eigenvalue weighted by Crippen LogP contribution is -2.70. The number of carboxylic acids is 1. The standard InChI is InChI=1S/C5H5N3O5/c6-1-2(9)7-4(12)8-5(1,13)3(10)11/h6,13H,(H,10,11)(H2,7,8,9,12). The summed E-state index contributed by atoms with van der Waals surface area (Å²) in [5, 5.41) is 27.6. The van der Waals surface area contributed by atoms with Gasteiger partial charge in [0.2, 0.25) is 0 Å². The number of amides is 3. The average Bonchev–Trinajstić information content (AvgIpc) is 1.99. The Bertz CT molecular complexity index is 324. The minimum absolute atomic E-state index is 1.14. The Labute approximate surface area is 71.1 Å². The van der Waals surface area contributed by atoms with E-state index in [0.717, 1.165) is 0 Å². The van der Waals surface area contributed by atoms with Crippen LogP contribution in [0.5, 0.6) is 0 Å². The lowest BCUT2D eigenvalue weighted by Gasteiger charge is -2.28. The first kappa shape index (κ1) is 9.13. The third kappa shape index (κ3) is 1.22. The molecule has 0 aromatic rings. The quantitative estimate of drug-likeness (QED) is 0.312. The van der Waals surface area contributed by atoms with Crippen molar-refractivity contribution in [3.63, 3.8) is 0 Å². The molecule has 0 aliphatic carbocycles. The minimum Gasteiger partial charge on any atom is -0.477 e. The number of hydrogen-bond donors (Lipinski definition) is 5. The molecule has 3 amide bonds. The lowest BCUT2D eigenvalue weighted by molar-refractivity contribution is -0.154. The number of imide groups is 1. The molecule has 1 aliphatic rings. The molecule has 1 heterocycles. The van der Waals surface area contributed by atoms with Crippen molar-refractivity contribution in [3.05, 3.63) is 0 Å². The first-order valence-corrected chi connectivity index (χ1v) is 3.06. The fourth-order valence-corrected chi connectivity index (χ4v) is 0.748. The van der Waals surface area contributed by atoms with E-state index in [1.165, 1.54) is 5.32 Å². The Morgan fingerprint density at radius 1 is 1.46 bits per heavy atom. The highest BCUT2D eigenvalue weighted by atomic mass is 16.4. The van der Waals surface area contributed by atoms with E-state index < -0.39 is 29.3 Å². The van der Waals surface area contributed by atoms with Gasteiger partial charge >= 0.3 is 12.0 Å². The highest BCUT2D eigenvalue weighted by Crippen LogP contribution is 2.06. The molecular formula is C5H5N3O5. The van der Waals surface area contributed by atoms with Gasteiger partial charge in [-0.05, 0) is 0 Å². The molecule has 8 heteroatoms. The summed E-state index contributed by atoms with van der Waals surface area (Å²) in [6.07, 6.45) is 0. The highest BCUT2D eigenvalue weighted by molar-refractivity contribution is 6.48. The molecule has 0 aromatic carbocycles. The van der Waals surface area contributed by atoms with Gasteiger partial charge in [0.25, 0.3) is 11.6 Å². The van der Waals surface area contributed by atoms with Crippen LogP contribution in [0.2, 0.25) is 0 Å². The normalized spacial score (nSPS) is 27.9. The third-order valence-corrected chi connectivity index (χ3v) is 1.42. The number of carbonyl (C=O) groups is 3. The van der Waals surface area contributed by atoms with Gasteiger partial charge in [-0.1, -0.05) is 0 Å². The predicted molar refractivity (Wildman–Crippen MR) is 37.0 cm³/mol. The Hall–Kier alpha value is -1.96. The zero-order chi connectivity index (χ0) is 10.2. The summed E-state index contributed by atoms with van der Waals surface area (Å²) in [5.41, 5.74) is -4.07. The van der Waals surface area contributed by atoms with E-state index in [1.807, 2.05) is 0 Å². The van der Waals surface area contributed by atoms with Crippen LogP contribution >= 0.6 is 0 Å². The van der Waals surface area contributed by atoms with Gasteiger partial charge in [0.15, 0.2) is 5.71 Å². The maximum Gasteiger partial charge on any atom is 0.364 e. The molecule has 0 spiro atoms. The molecule has 5 N–H and O–H groups in total. The maximum absolute atomic E-state index is 10.7. The number of rotatable bonds is 1. The molecule has 0 radical (unpaired) electrons. The summed E-state index contributed by atoms with van der Waals surface area (Å²) < 4.78 is 0. The van der Waals surface area contributed by atoms with Gasteiger partial charge in [-0.2, -0.15) is 0 Å². The van der Waals surface area contributed by atoms with Crippen LogP contribution in [0.4, 0.5) is 4.79 Å². The topological polar surface area (TPSA) is 140 Å². The molecule has 1 saturated heterocycles.